The molecule has 0 spiro atoms. The summed E-state index contributed by atoms with van der Waals surface area (Å²) in [5.41, 5.74) is 0.571. The van der Waals surface area contributed by atoms with Crippen LogP contribution in [0.5, 0.6) is 0 Å². The van der Waals surface area contributed by atoms with Gasteiger partial charge in [0.05, 0.1) is 0 Å². The number of hydrogen-bond donors (Lipinski definition) is 2. The maximum Gasteiger partial charge on any atom is 0.349 e. The topological polar surface area (TPSA) is 76.7 Å². The van der Waals surface area contributed by atoms with Gasteiger partial charge >= 0.3 is 13.6 Å². The molecule has 1 rings (SSSR count). The lowest BCUT2D eigenvalue weighted by molar-refractivity contribution is 0.248. The van der Waals surface area contributed by atoms with Crippen molar-refractivity contribution in [1.82, 2.24) is 5.32 Å². The minimum atomic E-state index is -3.24. The Balaban J connectivity index is 2.47. The SMILES string of the molecule is COP(=O)(CNC(=O)Nc1ccc(Cl)cc1)OC. The lowest BCUT2D eigenvalue weighted by Crippen LogP contribution is -2.29. The Morgan fingerprint density at radius 2 is 1.83 bits per heavy atom. The molecule has 0 aromatic heterocycles. The van der Waals surface area contributed by atoms with Crippen LogP contribution in [0.2, 0.25) is 5.02 Å². The van der Waals surface area contributed by atoms with Gasteiger partial charge in [-0.3, -0.25) is 4.57 Å². The van der Waals surface area contributed by atoms with Crippen LogP contribution in [-0.4, -0.2) is 26.5 Å². The average molecular weight is 293 g/mol. The van der Waals surface area contributed by atoms with Crippen LogP contribution >= 0.6 is 19.2 Å². The minimum Gasteiger partial charge on any atom is -0.326 e. The van der Waals surface area contributed by atoms with Crippen LogP contribution < -0.4 is 10.6 Å². The minimum absolute atomic E-state index is 0.209. The second kappa shape index (κ2) is 6.75. The molecule has 0 unspecified atom stereocenters. The number of amides is 2. The number of urea groups is 1. The van der Waals surface area contributed by atoms with E-state index >= 15 is 0 Å². The molecule has 2 N–H and O–H groups in total. The second-order valence-corrected chi connectivity index (χ2v) is 5.98. The van der Waals surface area contributed by atoms with Gasteiger partial charge in [0.15, 0.2) is 0 Å². The highest BCUT2D eigenvalue weighted by atomic mass is 35.5. The molecule has 0 aliphatic rings. The fourth-order valence-electron chi connectivity index (χ4n) is 1.08. The lowest BCUT2D eigenvalue weighted by atomic mass is 10.3. The molecule has 0 radical (unpaired) electrons. The van der Waals surface area contributed by atoms with Crippen LogP contribution in [-0.2, 0) is 13.6 Å². The molecule has 8 heteroatoms. The van der Waals surface area contributed by atoms with Crippen molar-refractivity contribution in [3.63, 3.8) is 0 Å². The van der Waals surface area contributed by atoms with Gasteiger partial charge in [-0.05, 0) is 24.3 Å². The van der Waals surface area contributed by atoms with Gasteiger partial charge in [0.2, 0.25) is 0 Å². The van der Waals surface area contributed by atoms with E-state index in [-0.39, 0.29) is 6.29 Å². The molecule has 1 aromatic carbocycles. The fourth-order valence-corrected chi connectivity index (χ4v) is 1.95. The molecular formula is C10H14ClN2O4P. The first kappa shape index (κ1) is 15.0. The van der Waals surface area contributed by atoms with Crippen LogP contribution in [0.3, 0.4) is 0 Å². The molecule has 0 heterocycles. The predicted octanol–water partition coefficient (Wildman–Crippen LogP) is 2.90. The van der Waals surface area contributed by atoms with E-state index in [2.05, 4.69) is 19.7 Å². The summed E-state index contributed by atoms with van der Waals surface area (Å²) >= 11 is 5.71. The molecule has 100 valence electrons. The molecule has 0 aliphatic heterocycles. The number of nitrogens with one attached hydrogen (secondary N) is 2. The fraction of sp³-hybridized carbons (Fsp3) is 0.300. The average Bonchev–Trinajstić information content (AvgIpc) is 2.39. The van der Waals surface area contributed by atoms with E-state index in [0.717, 1.165) is 0 Å². The molecule has 0 saturated heterocycles. The maximum absolute atomic E-state index is 11.6. The maximum atomic E-state index is 11.6. The van der Waals surface area contributed by atoms with Crippen LogP contribution in [0.25, 0.3) is 0 Å². The number of carbonyl (C=O) groups excluding carboxylic acids is 1. The van der Waals surface area contributed by atoms with Gasteiger partial charge in [0, 0.05) is 24.9 Å². The molecule has 0 aliphatic carbocycles. The highest BCUT2D eigenvalue weighted by Gasteiger charge is 2.21. The molecule has 0 fully saturated rings. The largest absolute Gasteiger partial charge is 0.349 e. The van der Waals surface area contributed by atoms with E-state index in [4.69, 9.17) is 11.6 Å². The monoisotopic (exact) mass is 292 g/mol. The third-order valence-electron chi connectivity index (χ3n) is 2.09. The third-order valence-corrected chi connectivity index (χ3v) is 4.00. The third kappa shape index (κ3) is 4.66. The summed E-state index contributed by atoms with van der Waals surface area (Å²) in [6.45, 7) is 0. The van der Waals surface area contributed by atoms with Gasteiger partial charge in [0.1, 0.15) is 6.29 Å². The first-order valence-electron chi connectivity index (χ1n) is 5.00. The molecule has 0 saturated carbocycles. The Kier molecular flexibility index (Phi) is 5.62. The number of benzene rings is 1. The molecule has 6 nitrogen and oxygen atoms in total. The number of halogens is 1. The van der Waals surface area contributed by atoms with Gasteiger partial charge in [-0.25, -0.2) is 4.79 Å². The molecular weight excluding hydrogens is 279 g/mol. The van der Waals surface area contributed by atoms with Crippen LogP contribution in [0.1, 0.15) is 0 Å². The van der Waals surface area contributed by atoms with E-state index in [1.165, 1.54) is 14.2 Å². The van der Waals surface area contributed by atoms with E-state index in [1.54, 1.807) is 24.3 Å². The summed E-state index contributed by atoms with van der Waals surface area (Å²) in [5.74, 6) is 0. The van der Waals surface area contributed by atoms with Gasteiger partial charge in [-0.15, -0.1) is 0 Å². The van der Waals surface area contributed by atoms with Crippen LogP contribution in [0, 0.1) is 0 Å². The summed E-state index contributed by atoms with van der Waals surface area (Å²) in [5, 5.41) is 5.51. The molecule has 0 atom stereocenters. The number of anilines is 1. The Labute approximate surface area is 110 Å². The summed E-state index contributed by atoms with van der Waals surface area (Å²) < 4.78 is 21.0. The van der Waals surface area contributed by atoms with E-state index in [9.17, 15) is 9.36 Å². The van der Waals surface area contributed by atoms with Crippen molar-refractivity contribution < 1.29 is 18.4 Å². The van der Waals surface area contributed by atoms with Crippen LogP contribution in [0.15, 0.2) is 24.3 Å². The Morgan fingerprint density at radius 1 is 1.28 bits per heavy atom. The normalized spacial score (nSPS) is 11.1. The van der Waals surface area contributed by atoms with Gasteiger partial charge in [-0.2, -0.15) is 0 Å². The highest BCUT2D eigenvalue weighted by molar-refractivity contribution is 7.53. The summed E-state index contributed by atoms with van der Waals surface area (Å²) in [6.07, 6.45) is -0.209. The van der Waals surface area contributed by atoms with Gasteiger partial charge in [-0.1, -0.05) is 11.6 Å². The molecule has 1 aromatic rings. The van der Waals surface area contributed by atoms with Crippen molar-refractivity contribution in [3.8, 4) is 0 Å². The molecule has 18 heavy (non-hydrogen) atoms. The van der Waals surface area contributed by atoms with Crippen molar-refractivity contribution in [3.05, 3.63) is 29.3 Å². The van der Waals surface area contributed by atoms with Crippen molar-refractivity contribution >= 4 is 30.9 Å². The lowest BCUT2D eigenvalue weighted by Gasteiger charge is -2.14. The summed E-state index contributed by atoms with van der Waals surface area (Å²) in [6, 6.07) is 6.08. The Hall–Kier alpha value is -1.07. The number of rotatable bonds is 5. The summed E-state index contributed by atoms with van der Waals surface area (Å²) in [7, 11) is -0.735. The highest BCUT2D eigenvalue weighted by Crippen LogP contribution is 2.44. The van der Waals surface area contributed by atoms with Crippen molar-refractivity contribution in [2.24, 2.45) is 0 Å². The van der Waals surface area contributed by atoms with Crippen molar-refractivity contribution in [2.75, 3.05) is 25.8 Å². The predicted molar refractivity (Wildman–Crippen MR) is 70.1 cm³/mol. The zero-order valence-corrected chi connectivity index (χ0v) is 11.6. The first-order chi connectivity index (χ1) is 8.49. The number of hydrogen-bond acceptors (Lipinski definition) is 4. The zero-order valence-electron chi connectivity index (χ0n) is 9.97. The quantitative estimate of drug-likeness (QED) is 0.818. The van der Waals surface area contributed by atoms with E-state index in [0.29, 0.717) is 10.7 Å². The first-order valence-corrected chi connectivity index (χ1v) is 7.10. The zero-order chi connectivity index (χ0) is 13.6. The van der Waals surface area contributed by atoms with Crippen molar-refractivity contribution in [1.29, 1.82) is 0 Å². The van der Waals surface area contributed by atoms with E-state index < -0.39 is 13.6 Å². The second-order valence-electron chi connectivity index (χ2n) is 3.27. The van der Waals surface area contributed by atoms with Crippen LogP contribution in [0.4, 0.5) is 10.5 Å². The standard InChI is InChI=1S/C10H14ClN2O4P/c1-16-18(15,17-2)7-12-10(14)13-9-5-3-8(11)4-6-9/h3-6H,7H2,1-2H3,(H2,12,13,14). The Morgan fingerprint density at radius 3 is 2.33 bits per heavy atom. The Bertz CT molecular complexity index is 444. The van der Waals surface area contributed by atoms with Crippen molar-refractivity contribution in [2.45, 2.75) is 0 Å². The van der Waals surface area contributed by atoms with E-state index in [1.807, 2.05) is 0 Å². The molecule has 2 amide bonds. The smallest absolute Gasteiger partial charge is 0.326 e. The molecule has 0 bridgehead atoms. The summed E-state index contributed by atoms with van der Waals surface area (Å²) in [4.78, 5) is 11.5. The van der Waals surface area contributed by atoms with Gasteiger partial charge in [0.25, 0.3) is 0 Å². The number of carbonyl (C=O) groups is 1. The van der Waals surface area contributed by atoms with Gasteiger partial charge < -0.3 is 19.7 Å².